The molecule has 0 heterocycles. The van der Waals surface area contributed by atoms with Gasteiger partial charge in [0.1, 0.15) is 17.6 Å². The van der Waals surface area contributed by atoms with E-state index in [0.29, 0.717) is 18.6 Å². The largest absolute Gasteiger partial charge is 0.467 e. The third kappa shape index (κ3) is 8.15. The minimum atomic E-state index is -1.30. The number of esters is 1. The SMILES string of the molecule is COC(=O)[C@H](Cc1ccccc1)NC(=O)C(C)(C)NC(=O)C(CCSC)NC=O. The van der Waals surface area contributed by atoms with Crippen molar-refractivity contribution >= 4 is 36.0 Å². The van der Waals surface area contributed by atoms with Crippen LogP contribution in [0.15, 0.2) is 30.3 Å². The van der Waals surface area contributed by atoms with E-state index in [9.17, 15) is 19.2 Å². The van der Waals surface area contributed by atoms with E-state index < -0.39 is 35.4 Å². The summed E-state index contributed by atoms with van der Waals surface area (Å²) in [6, 6.07) is 7.58. The Morgan fingerprint density at radius 2 is 1.83 bits per heavy atom. The van der Waals surface area contributed by atoms with Crippen LogP contribution in [0, 0.1) is 0 Å². The lowest BCUT2D eigenvalue weighted by atomic mass is 10.0. The highest BCUT2D eigenvalue weighted by Crippen LogP contribution is 2.09. The Morgan fingerprint density at radius 3 is 2.38 bits per heavy atom. The maximum Gasteiger partial charge on any atom is 0.328 e. The van der Waals surface area contributed by atoms with E-state index in [-0.39, 0.29) is 6.42 Å². The molecule has 0 saturated carbocycles. The molecule has 1 aromatic rings. The summed E-state index contributed by atoms with van der Waals surface area (Å²) in [5.74, 6) is -0.909. The molecule has 0 aliphatic carbocycles. The van der Waals surface area contributed by atoms with E-state index in [2.05, 4.69) is 16.0 Å². The Kier molecular flexibility index (Phi) is 10.2. The fourth-order valence-corrected chi connectivity index (χ4v) is 3.06. The minimum Gasteiger partial charge on any atom is -0.467 e. The maximum atomic E-state index is 12.8. The third-order valence-corrected chi connectivity index (χ3v) is 4.92. The van der Waals surface area contributed by atoms with Crippen molar-refractivity contribution in [2.75, 3.05) is 19.1 Å². The van der Waals surface area contributed by atoms with Gasteiger partial charge in [-0.1, -0.05) is 30.3 Å². The number of rotatable bonds is 12. The predicted octanol–water partition coefficient (Wildman–Crippen LogP) is 0.649. The molecule has 0 aliphatic heterocycles. The number of thioether (sulfide) groups is 1. The van der Waals surface area contributed by atoms with Crippen molar-refractivity contribution in [1.82, 2.24) is 16.0 Å². The highest BCUT2D eigenvalue weighted by molar-refractivity contribution is 7.98. The second-order valence-corrected chi connectivity index (χ2v) is 7.96. The van der Waals surface area contributed by atoms with Crippen LogP contribution in [0.3, 0.4) is 0 Å². The minimum absolute atomic E-state index is 0.256. The topological polar surface area (TPSA) is 114 Å². The maximum absolute atomic E-state index is 12.8. The van der Waals surface area contributed by atoms with E-state index in [4.69, 9.17) is 4.74 Å². The van der Waals surface area contributed by atoms with Crippen LogP contribution < -0.4 is 16.0 Å². The highest BCUT2D eigenvalue weighted by atomic mass is 32.2. The van der Waals surface area contributed by atoms with Gasteiger partial charge in [0.2, 0.25) is 18.2 Å². The van der Waals surface area contributed by atoms with Crippen LogP contribution in [0.1, 0.15) is 25.8 Å². The fourth-order valence-electron chi connectivity index (χ4n) is 2.58. The standard InChI is InChI=1S/C20H29N3O5S/c1-20(2,23-17(25)15(21-13-24)10-11-29-4)19(27)22-16(18(26)28-3)12-14-8-6-5-7-9-14/h5-9,13,15-16H,10-12H2,1-4H3,(H,21,24)(H,22,27)(H,23,25)/t15?,16-/m0/s1. The molecule has 1 aromatic carbocycles. The third-order valence-electron chi connectivity index (χ3n) is 4.27. The molecule has 3 amide bonds. The molecule has 0 radical (unpaired) electrons. The Balaban J connectivity index is 2.84. The molecule has 1 unspecified atom stereocenters. The normalized spacial score (nSPS) is 13.0. The van der Waals surface area contributed by atoms with Crippen molar-refractivity contribution in [3.05, 3.63) is 35.9 Å². The number of hydrogen-bond donors (Lipinski definition) is 3. The first kappa shape index (κ1) is 24.5. The summed E-state index contributed by atoms with van der Waals surface area (Å²) in [6.45, 7) is 3.06. The molecule has 0 spiro atoms. The zero-order valence-electron chi connectivity index (χ0n) is 17.2. The van der Waals surface area contributed by atoms with E-state index in [1.54, 1.807) is 11.8 Å². The molecular weight excluding hydrogens is 394 g/mol. The zero-order valence-corrected chi connectivity index (χ0v) is 18.0. The number of amides is 3. The molecule has 0 bridgehead atoms. The monoisotopic (exact) mass is 423 g/mol. The summed E-state index contributed by atoms with van der Waals surface area (Å²) in [4.78, 5) is 48.2. The van der Waals surface area contributed by atoms with Crippen LogP contribution >= 0.6 is 11.8 Å². The summed E-state index contributed by atoms with van der Waals surface area (Å²) in [6.07, 6.45) is 3.05. The Hall–Kier alpha value is -2.55. The van der Waals surface area contributed by atoms with E-state index in [0.717, 1.165) is 5.56 Å². The van der Waals surface area contributed by atoms with Gasteiger partial charge in [-0.15, -0.1) is 0 Å². The van der Waals surface area contributed by atoms with Gasteiger partial charge in [0.05, 0.1) is 7.11 Å². The van der Waals surface area contributed by atoms with Crippen LogP contribution in [0.25, 0.3) is 0 Å². The van der Waals surface area contributed by atoms with Crippen molar-refractivity contribution in [2.45, 2.75) is 44.3 Å². The van der Waals surface area contributed by atoms with Crippen LogP contribution in [-0.4, -0.2) is 60.9 Å². The lowest BCUT2D eigenvalue weighted by Crippen LogP contribution is -2.61. The van der Waals surface area contributed by atoms with E-state index in [1.807, 2.05) is 36.6 Å². The average Bonchev–Trinajstić information content (AvgIpc) is 2.70. The molecule has 0 aromatic heterocycles. The molecule has 8 nitrogen and oxygen atoms in total. The second kappa shape index (κ2) is 12.1. The van der Waals surface area contributed by atoms with Crippen LogP contribution in [-0.2, 0) is 30.3 Å². The lowest BCUT2D eigenvalue weighted by molar-refractivity contribution is -0.146. The number of nitrogens with one attached hydrogen (secondary N) is 3. The first-order valence-electron chi connectivity index (χ1n) is 9.18. The van der Waals surface area contributed by atoms with Crippen LogP contribution in [0.2, 0.25) is 0 Å². The fraction of sp³-hybridized carbons (Fsp3) is 0.500. The summed E-state index contributed by atoms with van der Waals surface area (Å²) in [7, 11) is 1.25. The molecule has 1 rings (SSSR count). The molecule has 0 fully saturated rings. The average molecular weight is 424 g/mol. The van der Waals surface area contributed by atoms with Crippen molar-refractivity contribution in [1.29, 1.82) is 0 Å². The lowest BCUT2D eigenvalue weighted by Gasteiger charge is -2.29. The molecule has 2 atom stereocenters. The number of carbonyl (C=O) groups is 4. The van der Waals surface area contributed by atoms with Gasteiger partial charge in [0.25, 0.3) is 0 Å². The van der Waals surface area contributed by atoms with Gasteiger partial charge in [-0.2, -0.15) is 11.8 Å². The molecule has 29 heavy (non-hydrogen) atoms. The molecule has 3 N–H and O–H groups in total. The van der Waals surface area contributed by atoms with Gasteiger partial charge in [-0.25, -0.2) is 4.79 Å². The van der Waals surface area contributed by atoms with Crippen LogP contribution in [0.4, 0.5) is 0 Å². The van der Waals surface area contributed by atoms with Crippen LogP contribution in [0.5, 0.6) is 0 Å². The van der Waals surface area contributed by atoms with Crippen molar-refractivity contribution in [2.24, 2.45) is 0 Å². The number of ether oxygens (including phenoxy) is 1. The molecule has 0 aliphatic rings. The predicted molar refractivity (Wildman–Crippen MR) is 112 cm³/mol. The van der Waals surface area contributed by atoms with Crippen molar-refractivity contribution < 1.29 is 23.9 Å². The summed E-state index contributed by atoms with van der Waals surface area (Å²) >= 11 is 1.55. The van der Waals surface area contributed by atoms with Crippen molar-refractivity contribution in [3.63, 3.8) is 0 Å². The number of benzene rings is 1. The molecular formula is C20H29N3O5S. The Bertz CT molecular complexity index is 697. The highest BCUT2D eigenvalue weighted by Gasteiger charge is 2.34. The van der Waals surface area contributed by atoms with Gasteiger partial charge in [0.15, 0.2) is 0 Å². The molecule has 160 valence electrons. The smallest absolute Gasteiger partial charge is 0.328 e. The van der Waals surface area contributed by atoms with E-state index >= 15 is 0 Å². The quantitative estimate of drug-likeness (QED) is 0.336. The first-order valence-corrected chi connectivity index (χ1v) is 10.6. The van der Waals surface area contributed by atoms with Gasteiger partial charge in [0, 0.05) is 6.42 Å². The Labute approximate surface area is 175 Å². The first-order chi connectivity index (χ1) is 13.7. The number of carbonyl (C=O) groups excluding carboxylic acids is 4. The van der Waals surface area contributed by atoms with E-state index in [1.165, 1.54) is 21.0 Å². The second-order valence-electron chi connectivity index (χ2n) is 6.97. The Morgan fingerprint density at radius 1 is 1.17 bits per heavy atom. The number of methoxy groups -OCH3 is 1. The molecule has 0 saturated heterocycles. The van der Waals surface area contributed by atoms with Crippen molar-refractivity contribution in [3.8, 4) is 0 Å². The van der Waals surface area contributed by atoms with Gasteiger partial charge >= 0.3 is 5.97 Å². The number of hydrogen-bond acceptors (Lipinski definition) is 6. The summed E-state index contributed by atoms with van der Waals surface area (Å²) in [5, 5.41) is 7.76. The van der Waals surface area contributed by atoms with Gasteiger partial charge in [-0.05, 0) is 37.8 Å². The molecule has 9 heteroatoms. The summed E-state index contributed by atoms with van der Waals surface area (Å²) < 4.78 is 4.80. The van der Waals surface area contributed by atoms with Gasteiger partial charge < -0.3 is 20.7 Å². The van der Waals surface area contributed by atoms with Gasteiger partial charge in [-0.3, -0.25) is 14.4 Å². The summed E-state index contributed by atoms with van der Waals surface area (Å²) in [5.41, 5.74) is -0.445. The zero-order chi connectivity index (χ0) is 21.9.